The minimum atomic E-state index is 0.326. The molecule has 2 heterocycles. The second-order valence-electron chi connectivity index (χ2n) is 6.16. The van der Waals surface area contributed by atoms with E-state index in [4.69, 9.17) is 9.15 Å². The Morgan fingerprint density at radius 1 is 1.45 bits per heavy atom. The summed E-state index contributed by atoms with van der Waals surface area (Å²) in [6.07, 6.45) is 3.25. The van der Waals surface area contributed by atoms with Gasteiger partial charge in [0.25, 0.3) is 0 Å². The average Bonchev–Trinajstić information content (AvgIpc) is 2.70. The van der Waals surface area contributed by atoms with Crippen LogP contribution in [0.2, 0.25) is 0 Å². The van der Waals surface area contributed by atoms with Gasteiger partial charge in [0.05, 0.1) is 18.9 Å². The molecule has 1 aromatic rings. The maximum Gasteiger partial charge on any atom is 0.122 e. The van der Waals surface area contributed by atoms with E-state index in [0.717, 1.165) is 51.5 Å². The van der Waals surface area contributed by atoms with Crippen LogP contribution in [0.1, 0.15) is 38.5 Å². The Labute approximate surface area is 122 Å². The minimum Gasteiger partial charge on any atom is -0.468 e. The molecule has 1 fully saturated rings. The lowest BCUT2D eigenvalue weighted by Crippen LogP contribution is -2.30. The molecule has 0 amide bonds. The number of ether oxygens (including phenoxy) is 1. The Balaban J connectivity index is 1.87. The topological polar surface area (TPSA) is 37.6 Å². The summed E-state index contributed by atoms with van der Waals surface area (Å²) in [6.45, 7) is 12.4. The van der Waals surface area contributed by atoms with Crippen LogP contribution in [0.25, 0.3) is 0 Å². The zero-order valence-electron chi connectivity index (χ0n) is 13.0. The summed E-state index contributed by atoms with van der Waals surface area (Å²) in [5.41, 5.74) is 1.30. The van der Waals surface area contributed by atoms with Crippen molar-refractivity contribution in [2.75, 3.05) is 26.2 Å². The van der Waals surface area contributed by atoms with Gasteiger partial charge >= 0.3 is 0 Å². The molecule has 0 aromatic carbocycles. The first kappa shape index (κ1) is 15.5. The fourth-order valence-corrected chi connectivity index (χ4v) is 2.60. The number of furan rings is 1. The summed E-state index contributed by atoms with van der Waals surface area (Å²) in [6, 6.07) is 2.10. The molecular formula is C16H28N2O2. The molecule has 1 unspecified atom stereocenters. The molecule has 1 aliphatic heterocycles. The molecule has 4 heteroatoms. The van der Waals surface area contributed by atoms with Crippen LogP contribution in [0.15, 0.2) is 16.7 Å². The summed E-state index contributed by atoms with van der Waals surface area (Å²) >= 11 is 0. The van der Waals surface area contributed by atoms with Crippen molar-refractivity contribution in [1.29, 1.82) is 0 Å². The first-order chi connectivity index (χ1) is 9.65. The maximum atomic E-state index is 5.70. The van der Waals surface area contributed by atoms with Crippen LogP contribution in [0.4, 0.5) is 0 Å². The van der Waals surface area contributed by atoms with Crippen molar-refractivity contribution in [2.45, 2.75) is 46.4 Å². The van der Waals surface area contributed by atoms with E-state index in [0.29, 0.717) is 12.0 Å². The first-order valence-electron chi connectivity index (χ1n) is 7.75. The van der Waals surface area contributed by atoms with Crippen LogP contribution in [0, 0.1) is 5.92 Å². The summed E-state index contributed by atoms with van der Waals surface area (Å²) in [5, 5.41) is 3.45. The van der Waals surface area contributed by atoms with E-state index >= 15 is 0 Å². The highest BCUT2D eigenvalue weighted by Gasteiger charge is 2.17. The lowest BCUT2D eigenvalue weighted by Gasteiger charge is -2.21. The van der Waals surface area contributed by atoms with E-state index in [1.807, 2.05) is 0 Å². The minimum absolute atomic E-state index is 0.326. The molecule has 1 aliphatic rings. The number of hydrogen-bond donors (Lipinski definition) is 1. The van der Waals surface area contributed by atoms with E-state index < -0.39 is 0 Å². The van der Waals surface area contributed by atoms with Gasteiger partial charge in [-0.1, -0.05) is 13.8 Å². The highest BCUT2D eigenvalue weighted by atomic mass is 16.5. The Kier molecular flexibility index (Phi) is 6.07. The molecule has 2 rings (SSSR count). The molecule has 1 saturated heterocycles. The first-order valence-corrected chi connectivity index (χ1v) is 7.75. The second kappa shape index (κ2) is 7.81. The SMILES string of the molecule is CC(C)CNCc1occc1CN1CCCOC(C)C1. The summed E-state index contributed by atoms with van der Waals surface area (Å²) in [4.78, 5) is 2.47. The van der Waals surface area contributed by atoms with E-state index in [1.165, 1.54) is 5.56 Å². The highest BCUT2D eigenvalue weighted by Crippen LogP contribution is 2.16. The second-order valence-corrected chi connectivity index (χ2v) is 6.16. The number of nitrogens with one attached hydrogen (secondary N) is 1. The molecule has 0 saturated carbocycles. The zero-order valence-corrected chi connectivity index (χ0v) is 13.0. The fourth-order valence-electron chi connectivity index (χ4n) is 2.60. The molecule has 4 nitrogen and oxygen atoms in total. The van der Waals surface area contributed by atoms with Crippen LogP contribution in [-0.2, 0) is 17.8 Å². The largest absolute Gasteiger partial charge is 0.468 e. The van der Waals surface area contributed by atoms with Gasteiger partial charge in [-0.25, -0.2) is 0 Å². The van der Waals surface area contributed by atoms with Crippen molar-refractivity contribution in [3.05, 3.63) is 23.7 Å². The molecule has 1 aromatic heterocycles. The molecule has 0 spiro atoms. The molecule has 1 N–H and O–H groups in total. The number of rotatable bonds is 6. The van der Waals surface area contributed by atoms with Crippen LogP contribution in [0.5, 0.6) is 0 Å². The third kappa shape index (κ3) is 4.93. The van der Waals surface area contributed by atoms with Crippen LogP contribution < -0.4 is 5.32 Å². The van der Waals surface area contributed by atoms with Crippen molar-refractivity contribution in [1.82, 2.24) is 10.2 Å². The summed E-state index contributed by atoms with van der Waals surface area (Å²) in [7, 11) is 0. The van der Waals surface area contributed by atoms with Crippen LogP contribution in [-0.4, -0.2) is 37.2 Å². The van der Waals surface area contributed by atoms with Crippen molar-refractivity contribution < 1.29 is 9.15 Å². The quantitative estimate of drug-likeness (QED) is 0.869. The van der Waals surface area contributed by atoms with E-state index in [-0.39, 0.29) is 0 Å². The highest BCUT2D eigenvalue weighted by molar-refractivity contribution is 5.17. The Morgan fingerprint density at radius 3 is 3.10 bits per heavy atom. The molecule has 0 bridgehead atoms. The molecular weight excluding hydrogens is 252 g/mol. The van der Waals surface area contributed by atoms with Gasteiger partial charge in [-0.2, -0.15) is 0 Å². The predicted octanol–water partition coefficient (Wildman–Crippen LogP) is 2.64. The van der Waals surface area contributed by atoms with Gasteiger partial charge in [0.15, 0.2) is 0 Å². The molecule has 1 atom stereocenters. The standard InChI is InChI=1S/C16H28N2O2/c1-13(2)9-17-10-16-15(5-8-20-16)12-18-6-4-7-19-14(3)11-18/h5,8,13-14,17H,4,6-7,9-12H2,1-3H3. The van der Waals surface area contributed by atoms with E-state index in [9.17, 15) is 0 Å². The van der Waals surface area contributed by atoms with Gasteiger partial charge in [-0.15, -0.1) is 0 Å². The molecule has 114 valence electrons. The number of hydrogen-bond acceptors (Lipinski definition) is 4. The fraction of sp³-hybridized carbons (Fsp3) is 0.750. The normalized spacial score (nSPS) is 21.3. The van der Waals surface area contributed by atoms with Gasteiger partial charge in [0, 0.05) is 31.8 Å². The van der Waals surface area contributed by atoms with E-state index in [1.54, 1.807) is 6.26 Å². The van der Waals surface area contributed by atoms with Crippen molar-refractivity contribution >= 4 is 0 Å². The van der Waals surface area contributed by atoms with Gasteiger partial charge in [-0.05, 0) is 31.9 Å². The van der Waals surface area contributed by atoms with Gasteiger partial charge < -0.3 is 14.5 Å². The van der Waals surface area contributed by atoms with Gasteiger partial charge in [0.1, 0.15) is 5.76 Å². The van der Waals surface area contributed by atoms with Crippen LogP contribution >= 0.6 is 0 Å². The van der Waals surface area contributed by atoms with E-state index in [2.05, 4.69) is 37.1 Å². The molecule has 20 heavy (non-hydrogen) atoms. The maximum absolute atomic E-state index is 5.70. The third-order valence-corrected chi connectivity index (χ3v) is 3.61. The predicted molar refractivity (Wildman–Crippen MR) is 80.6 cm³/mol. The number of nitrogens with zero attached hydrogens (tertiary/aromatic N) is 1. The summed E-state index contributed by atoms with van der Waals surface area (Å²) < 4.78 is 11.3. The Bertz CT molecular complexity index is 390. The van der Waals surface area contributed by atoms with Crippen molar-refractivity contribution in [3.8, 4) is 0 Å². The van der Waals surface area contributed by atoms with Gasteiger partial charge in [0.2, 0.25) is 0 Å². The molecule has 0 radical (unpaired) electrons. The Morgan fingerprint density at radius 2 is 2.30 bits per heavy atom. The third-order valence-electron chi connectivity index (χ3n) is 3.61. The van der Waals surface area contributed by atoms with Crippen molar-refractivity contribution in [2.24, 2.45) is 5.92 Å². The van der Waals surface area contributed by atoms with Crippen LogP contribution in [0.3, 0.4) is 0 Å². The molecule has 0 aliphatic carbocycles. The summed E-state index contributed by atoms with van der Waals surface area (Å²) in [5.74, 6) is 1.74. The lowest BCUT2D eigenvalue weighted by atomic mass is 10.2. The lowest BCUT2D eigenvalue weighted by molar-refractivity contribution is 0.0667. The average molecular weight is 280 g/mol. The Hall–Kier alpha value is -0.840. The monoisotopic (exact) mass is 280 g/mol. The smallest absolute Gasteiger partial charge is 0.122 e. The van der Waals surface area contributed by atoms with Gasteiger partial charge in [-0.3, -0.25) is 4.90 Å². The van der Waals surface area contributed by atoms with Crippen molar-refractivity contribution in [3.63, 3.8) is 0 Å². The zero-order chi connectivity index (χ0) is 14.4.